The minimum Gasteiger partial charge on any atom is -0.497 e. The fourth-order valence-corrected chi connectivity index (χ4v) is 5.74. The summed E-state index contributed by atoms with van der Waals surface area (Å²) in [5, 5.41) is 0. The van der Waals surface area contributed by atoms with Crippen molar-refractivity contribution >= 4 is 23.2 Å². The molecule has 0 bridgehead atoms. The van der Waals surface area contributed by atoms with Gasteiger partial charge in [-0.15, -0.1) is 0 Å². The van der Waals surface area contributed by atoms with Gasteiger partial charge >= 0.3 is 0 Å². The maximum atomic E-state index is 14.3. The van der Waals surface area contributed by atoms with Crippen molar-refractivity contribution in [2.24, 2.45) is 0 Å². The summed E-state index contributed by atoms with van der Waals surface area (Å²) >= 11 is 0. The summed E-state index contributed by atoms with van der Waals surface area (Å²) in [5.41, 5.74) is 3.14. The number of hydrogen-bond acceptors (Lipinski definition) is 6. The fraction of sp³-hybridized carbons (Fsp3) is 0.235. The van der Waals surface area contributed by atoms with Crippen molar-refractivity contribution in [3.05, 3.63) is 120 Å². The number of hydrogen-bond donors (Lipinski definition) is 0. The highest BCUT2D eigenvalue weighted by atomic mass is 16.5. The van der Waals surface area contributed by atoms with Gasteiger partial charge in [0.2, 0.25) is 0 Å². The van der Waals surface area contributed by atoms with Crippen LogP contribution in [-0.2, 0) is 32.3 Å². The summed E-state index contributed by atoms with van der Waals surface area (Å²) < 4.78 is 23.5. The van der Waals surface area contributed by atoms with Crippen LogP contribution >= 0.6 is 0 Å². The second-order valence-electron chi connectivity index (χ2n) is 10.2. The molecule has 0 unspecified atom stereocenters. The number of fused-ring (bicyclic) bond motifs is 1. The summed E-state index contributed by atoms with van der Waals surface area (Å²) in [5.74, 6) is 0.868. The lowest BCUT2D eigenvalue weighted by atomic mass is 10.1. The molecule has 0 radical (unpaired) electrons. The second-order valence-corrected chi connectivity index (χ2v) is 10.2. The molecular formula is C34H32N2O6. The third kappa shape index (κ3) is 5.22. The molecule has 2 aliphatic rings. The fourth-order valence-electron chi connectivity index (χ4n) is 5.74. The Morgan fingerprint density at radius 3 is 1.21 bits per heavy atom. The number of rotatable bonds is 10. The molecule has 2 heterocycles. The second kappa shape index (κ2) is 12.1. The first-order chi connectivity index (χ1) is 20.6. The van der Waals surface area contributed by atoms with Crippen molar-refractivity contribution < 1.29 is 28.5 Å². The largest absolute Gasteiger partial charge is 0.497 e. The first-order valence-corrected chi connectivity index (χ1v) is 13.8. The Morgan fingerprint density at radius 2 is 0.881 bits per heavy atom. The van der Waals surface area contributed by atoms with E-state index in [0.29, 0.717) is 22.9 Å². The number of carbonyl (C=O) groups excluding carboxylic acids is 2. The van der Waals surface area contributed by atoms with Gasteiger partial charge in [-0.2, -0.15) is 0 Å². The zero-order valence-corrected chi connectivity index (χ0v) is 23.5. The molecule has 2 aliphatic heterocycles. The smallest absolute Gasteiger partial charge is 0.258 e. The van der Waals surface area contributed by atoms with Crippen LogP contribution in [0.15, 0.2) is 109 Å². The van der Waals surface area contributed by atoms with Crippen molar-refractivity contribution in [2.75, 3.05) is 24.0 Å². The Morgan fingerprint density at radius 1 is 0.524 bits per heavy atom. The lowest BCUT2D eigenvalue weighted by Crippen LogP contribution is -2.45. The van der Waals surface area contributed by atoms with Crippen LogP contribution in [0.1, 0.15) is 11.1 Å². The Kier molecular flexibility index (Phi) is 7.90. The Bertz CT molecular complexity index is 1390. The van der Waals surface area contributed by atoms with Crippen molar-refractivity contribution in [3.63, 3.8) is 0 Å². The van der Waals surface area contributed by atoms with Crippen LogP contribution in [0.25, 0.3) is 0 Å². The molecule has 0 N–H and O–H groups in total. The van der Waals surface area contributed by atoms with Gasteiger partial charge in [0.25, 0.3) is 11.8 Å². The maximum absolute atomic E-state index is 14.3. The van der Waals surface area contributed by atoms with E-state index in [1.807, 2.05) is 84.9 Å². The van der Waals surface area contributed by atoms with E-state index < -0.39 is 24.3 Å². The molecule has 2 fully saturated rings. The van der Waals surface area contributed by atoms with E-state index >= 15 is 0 Å². The van der Waals surface area contributed by atoms with Gasteiger partial charge in [0.05, 0.1) is 39.5 Å². The standard InChI is InChI=1S/C34H32N2O6/c1-39-27-17-13-25(14-18-27)35-29-30(32(33(35)37)42-22-24-11-7-4-8-12-24)36(26-15-19-28(40-2)20-16-26)34(38)31(29)41-21-23-9-5-3-6-10-23/h3-20,29-32H,21-22H2,1-2H3/t29-,30-,31+,32+/m1/s1. The topological polar surface area (TPSA) is 77.5 Å². The highest BCUT2D eigenvalue weighted by Gasteiger charge is 2.63. The van der Waals surface area contributed by atoms with Crippen LogP contribution in [0, 0.1) is 0 Å². The summed E-state index contributed by atoms with van der Waals surface area (Å²) in [6.45, 7) is 0.439. The number of anilines is 2. The molecule has 42 heavy (non-hydrogen) atoms. The van der Waals surface area contributed by atoms with Crippen molar-refractivity contribution in [2.45, 2.75) is 37.5 Å². The van der Waals surface area contributed by atoms with Gasteiger partial charge in [-0.1, -0.05) is 60.7 Å². The molecule has 2 amide bonds. The first kappa shape index (κ1) is 27.5. The molecule has 0 aromatic heterocycles. The number of methoxy groups -OCH3 is 2. The average molecular weight is 565 g/mol. The highest BCUT2D eigenvalue weighted by Crippen LogP contribution is 2.42. The van der Waals surface area contributed by atoms with Crippen molar-refractivity contribution in [3.8, 4) is 11.5 Å². The van der Waals surface area contributed by atoms with E-state index in [4.69, 9.17) is 18.9 Å². The number of carbonyl (C=O) groups is 2. The summed E-state index contributed by atoms with van der Waals surface area (Å²) in [4.78, 5) is 31.8. The van der Waals surface area contributed by atoms with Crippen molar-refractivity contribution in [1.29, 1.82) is 0 Å². The Hall–Kier alpha value is -4.66. The quantitative estimate of drug-likeness (QED) is 0.270. The molecule has 8 heteroatoms. The predicted molar refractivity (Wildman–Crippen MR) is 159 cm³/mol. The summed E-state index contributed by atoms with van der Waals surface area (Å²) in [6, 6.07) is 32.6. The SMILES string of the molecule is COc1ccc(N2C(=O)[C@@H](OCc3ccccc3)[C@H]3[C@@H]2[C@H](OCc2ccccc2)C(=O)N3c2ccc(OC)cc2)cc1. The normalized spacial score (nSPS) is 21.5. The van der Waals surface area contributed by atoms with Gasteiger partial charge in [-0.3, -0.25) is 9.59 Å². The van der Waals surface area contributed by atoms with E-state index in [2.05, 4.69) is 0 Å². The molecule has 0 spiro atoms. The van der Waals surface area contributed by atoms with Crippen LogP contribution in [0.3, 0.4) is 0 Å². The predicted octanol–water partition coefficient (Wildman–Crippen LogP) is 5.01. The van der Waals surface area contributed by atoms with E-state index in [0.717, 1.165) is 11.1 Å². The number of benzene rings is 4. The molecule has 2 saturated heterocycles. The molecule has 4 atom stereocenters. The molecule has 4 aromatic carbocycles. The lowest BCUT2D eigenvalue weighted by molar-refractivity contribution is -0.131. The summed E-state index contributed by atoms with van der Waals surface area (Å²) in [6.07, 6.45) is -1.85. The average Bonchev–Trinajstić information content (AvgIpc) is 3.48. The van der Waals surface area contributed by atoms with Crippen LogP contribution in [-0.4, -0.2) is 50.3 Å². The van der Waals surface area contributed by atoms with Crippen LogP contribution in [0.5, 0.6) is 11.5 Å². The Labute approximate surface area is 245 Å². The lowest BCUT2D eigenvalue weighted by Gasteiger charge is -2.27. The number of ether oxygens (including phenoxy) is 4. The van der Waals surface area contributed by atoms with Gasteiger partial charge in [0.1, 0.15) is 11.5 Å². The third-order valence-electron chi connectivity index (χ3n) is 7.77. The molecule has 0 aliphatic carbocycles. The highest BCUT2D eigenvalue weighted by molar-refractivity contribution is 6.10. The van der Waals surface area contributed by atoms with Gasteiger partial charge < -0.3 is 28.7 Å². The maximum Gasteiger partial charge on any atom is 0.258 e. The van der Waals surface area contributed by atoms with E-state index in [9.17, 15) is 9.59 Å². The minimum atomic E-state index is -0.923. The minimum absolute atomic E-state index is 0.219. The number of amides is 2. The zero-order chi connectivity index (χ0) is 29.1. The van der Waals surface area contributed by atoms with Gasteiger partial charge in [0, 0.05) is 11.4 Å². The van der Waals surface area contributed by atoms with Crippen LogP contribution < -0.4 is 19.3 Å². The molecule has 8 nitrogen and oxygen atoms in total. The van der Waals surface area contributed by atoms with Crippen LogP contribution in [0.2, 0.25) is 0 Å². The Balaban J connectivity index is 1.42. The summed E-state index contributed by atoms with van der Waals surface area (Å²) in [7, 11) is 3.19. The molecule has 214 valence electrons. The third-order valence-corrected chi connectivity index (χ3v) is 7.77. The van der Waals surface area contributed by atoms with Gasteiger partial charge in [0.15, 0.2) is 12.2 Å². The molecule has 4 aromatic rings. The van der Waals surface area contributed by atoms with Gasteiger partial charge in [-0.05, 0) is 59.7 Å². The number of nitrogens with zero attached hydrogens (tertiary/aromatic N) is 2. The molecule has 0 saturated carbocycles. The van der Waals surface area contributed by atoms with Gasteiger partial charge in [-0.25, -0.2) is 0 Å². The zero-order valence-electron chi connectivity index (χ0n) is 23.5. The first-order valence-electron chi connectivity index (χ1n) is 13.8. The van der Waals surface area contributed by atoms with E-state index in [-0.39, 0.29) is 25.0 Å². The molecule has 6 rings (SSSR count). The van der Waals surface area contributed by atoms with E-state index in [1.54, 1.807) is 48.3 Å². The molecular weight excluding hydrogens is 532 g/mol. The van der Waals surface area contributed by atoms with E-state index in [1.165, 1.54) is 0 Å². The monoisotopic (exact) mass is 564 g/mol. The van der Waals surface area contributed by atoms with Crippen LogP contribution in [0.4, 0.5) is 11.4 Å². The van der Waals surface area contributed by atoms with Crippen molar-refractivity contribution in [1.82, 2.24) is 0 Å².